The number of benzene rings is 4. The maximum absolute atomic E-state index is 3.56. The van der Waals surface area contributed by atoms with E-state index in [9.17, 15) is 0 Å². The Morgan fingerprint density at radius 2 is 0.850 bits per heavy atom. The second-order valence-corrected chi connectivity index (χ2v) is 6.35. The van der Waals surface area contributed by atoms with E-state index in [0.29, 0.717) is 0 Å². The average molecular weight is 388 g/mol. The predicted octanol–water partition coefficient (Wildman–Crippen LogP) is 6.37. The molecule has 0 N–H and O–H groups in total. The number of rotatable bonds is 2. The van der Waals surface area contributed by atoms with Crippen molar-refractivity contribution in [1.82, 2.24) is 0 Å². The van der Waals surface area contributed by atoms with Crippen LogP contribution in [0.5, 0.6) is 0 Å². The van der Waals surface area contributed by atoms with Crippen molar-refractivity contribution in [3.63, 3.8) is 0 Å². The quantitative estimate of drug-likeness (QED) is 0.276. The van der Waals surface area contributed by atoms with Gasteiger partial charge < -0.3 is 0 Å². The zero-order valence-electron chi connectivity index (χ0n) is 10.8. The second kappa shape index (κ2) is 4.71. The fourth-order valence-electron chi connectivity index (χ4n) is 3.12. The lowest BCUT2D eigenvalue weighted by molar-refractivity contribution is 1.47. The predicted molar refractivity (Wildman–Crippen MR) is 95.4 cm³/mol. The van der Waals surface area contributed by atoms with Gasteiger partial charge in [0.15, 0.2) is 0 Å². The van der Waals surface area contributed by atoms with Crippen LogP contribution in [0, 0.1) is 0 Å². The number of halogens is 2. The smallest absolute Gasteiger partial charge is 0.0283 e. The molecule has 0 aromatic heterocycles. The average Bonchev–Trinajstić information content (AvgIpc) is 2.51. The Morgan fingerprint density at radius 1 is 0.550 bits per heavy atom. The van der Waals surface area contributed by atoms with Crippen LogP contribution in [0.1, 0.15) is 11.1 Å². The molecule has 4 aromatic rings. The van der Waals surface area contributed by atoms with Gasteiger partial charge in [-0.3, -0.25) is 0 Å². The Kier molecular flexibility index (Phi) is 2.97. The van der Waals surface area contributed by atoms with Gasteiger partial charge in [0.2, 0.25) is 0 Å². The van der Waals surface area contributed by atoms with E-state index < -0.39 is 0 Å². The molecule has 0 heterocycles. The summed E-state index contributed by atoms with van der Waals surface area (Å²) in [6, 6.07) is 18.1. The van der Waals surface area contributed by atoms with E-state index >= 15 is 0 Å². The molecular weight excluding hydrogens is 376 g/mol. The van der Waals surface area contributed by atoms with Gasteiger partial charge in [-0.15, -0.1) is 0 Å². The minimum atomic E-state index is 0.900. The SMILES string of the molecule is BrCc1cc2ccc3cc(CBr)cc4ccc(c1)c2c34. The Labute approximate surface area is 134 Å². The van der Waals surface area contributed by atoms with Gasteiger partial charge in [-0.2, -0.15) is 0 Å². The molecule has 0 radical (unpaired) electrons. The van der Waals surface area contributed by atoms with Crippen molar-refractivity contribution in [2.24, 2.45) is 0 Å². The molecule has 0 saturated carbocycles. The fraction of sp³-hybridized carbons (Fsp3) is 0.111. The highest BCUT2D eigenvalue weighted by atomic mass is 79.9. The lowest BCUT2D eigenvalue weighted by atomic mass is 9.92. The molecule has 0 saturated heterocycles. The number of hydrogen-bond acceptors (Lipinski definition) is 0. The van der Waals surface area contributed by atoms with E-state index in [-0.39, 0.29) is 0 Å². The number of hydrogen-bond donors (Lipinski definition) is 0. The number of alkyl halides is 2. The normalized spacial score (nSPS) is 11.9. The summed E-state index contributed by atoms with van der Waals surface area (Å²) < 4.78 is 0. The first-order chi connectivity index (χ1) is 9.80. The molecular formula is C18H12Br2. The van der Waals surface area contributed by atoms with Crippen LogP contribution in [0.15, 0.2) is 48.5 Å². The van der Waals surface area contributed by atoms with E-state index in [4.69, 9.17) is 0 Å². The summed E-state index contributed by atoms with van der Waals surface area (Å²) in [7, 11) is 0. The Bertz CT molecular complexity index is 781. The third kappa shape index (κ3) is 1.78. The van der Waals surface area contributed by atoms with E-state index in [1.54, 1.807) is 0 Å². The lowest BCUT2D eigenvalue weighted by Gasteiger charge is -2.13. The maximum atomic E-state index is 3.56. The van der Waals surface area contributed by atoms with Crippen LogP contribution in [0.25, 0.3) is 32.3 Å². The monoisotopic (exact) mass is 386 g/mol. The van der Waals surface area contributed by atoms with Gasteiger partial charge in [0.05, 0.1) is 0 Å². The second-order valence-electron chi connectivity index (χ2n) is 5.23. The van der Waals surface area contributed by atoms with E-state index in [0.717, 1.165) is 10.7 Å². The first kappa shape index (κ1) is 12.6. The summed E-state index contributed by atoms with van der Waals surface area (Å²) in [5.74, 6) is 0. The van der Waals surface area contributed by atoms with Crippen molar-refractivity contribution >= 4 is 64.2 Å². The van der Waals surface area contributed by atoms with Crippen LogP contribution in [0.4, 0.5) is 0 Å². The van der Waals surface area contributed by atoms with Crippen molar-refractivity contribution in [2.45, 2.75) is 10.7 Å². The van der Waals surface area contributed by atoms with Crippen molar-refractivity contribution in [2.75, 3.05) is 0 Å². The first-order valence-electron chi connectivity index (χ1n) is 6.62. The summed E-state index contributed by atoms with van der Waals surface area (Å²) in [6.45, 7) is 0. The molecule has 98 valence electrons. The molecule has 4 rings (SSSR count). The summed E-state index contributed by atoms with van der Waals surface area (Å²) in [5, 5.41) is 9.93. The van der Waals surface area contributed by atoms with E-state index in [1.807, 2.05) is 0 Å². The molecule has 0 unspecified atom stereocenters. The molecule has 2 heteroatoms. The molecule has 0 bridgehead atoms. The van der Waals surface area contributed by atoms with Crippen molar-refractivity contribution in [3.8, 4) is 0 Å². The summed E-state index contributed by atoms with van der Waals surface area (Å²) >= 11 is 7.12. The Morgan fingerprint density at radius 3 is 1.10 bits per heavy atom. The molecule has 0 aliphatic rings. The van der Waals surface area contributed by atoms with Crippen LogP contribution in [-0.4, -0.2) is 0 Å². The Balaban J connectivity index is 2.24. The van der Waals surface area contributed by atoms with Gasteiger partial charge in [0.25, 0.3) is 0 Å². The molecule has 0 amide bonds. The zero-order chi connectivity index (χ0) is 13.7. The lowest BCUT2D eigenvalue weighted by Crippen LogP contribution is -1.88. The summed E-state index contributed by atoms with van der Waals surface area (Å²) in [6.07, 6.45) is 0. The third-order valence-corrected chi connectivity index (χ3v) is 5.26. The molecule has 0 spiro atoms. The van der Waals surface area contributed by atoms with Crippen LogP contribution in [0.3, 0.4) is 0 Å². The van der Waals surface area contributed by atoms with Gasteiger partial charge in [-0.05, 0) is 43.4 Å². The topological polar surface area (TPSA) is 0 Å². The van der Waals surface area contributed by atoms with Gasteiger partial charge in [0.1, 0.15) is 0 Å². The summed E-state index contributed by atoms with van der Waals surface area (Å²) in [4.78, 5) is 0. The minimum absolute atomic E-state index is 0.900. The molecule has 0 fully saturated rings. The highest BCUT2D eigenvalue weighted by Gasteiger charge is 2.09. The van der Waals surface area contributed by atoms with Gasteiger partial charge in [-0.25, -0.2) is 0 Å². The molecule has 0 atom stereocenters. The summed E-state index contributed by atoms with van der Waals surface area (Å²) in [5.41, 5.74) is 2.66. The maximum Gasteiger partial charge on any atom is 0.0283 e. The van der Waals surface area contributed by atoms with Crippen molar-refractivity contribution in [1.29, 1.82) is 0 Å². The van der Waals surface area contributed by atoms with Crippen molar-refractivity contribution < 1.29 is 0 Å². The van der Waals surface area contributed by atoms with Crippen LogP contribution >= 0.6 is 31.9 Å². The highest BCUT2D eigenvalue weighted by molar-refractivity contribution is 9.08. The molecule has 20 heavy (non-hydrogen) atoms. The zero-order valence-corrected chi connectivity index (χ0v) is 14.0. The van der Waals surface area contributed by atoms with Crippen molar-refractivity contribution in [3.05, 3.63) is 59.7 Å². The molecule has 0 aliphatic heterocycles. The largest absolute Gasteiger partial charge is 0.0876 e. The fourth-order valence-corrected chi connectivity index (χ4v) is 3.77. The van der Waals surface area contributed by atoms with E-state index in [1.165, 1.54) is 43.4 Å². The van der Waals surface area contributed by atoms with Gasteiger partial charge in [0, 0.05) is 10.7 Å². The van der Waals surface area contributed by atoms with Crippen LogP contribution in [-0.2, 0) is 10.7 Å². The first-order valence-corrected chi connectivity index (χ1v) is 8.87. The standard InChI is InChI=1S/C18H12Br2/c19-9-11-5-13-1-2-14-6-12(10-20)8-16-4-3-15(7-11)17(13)18(14)16/h1-8H,9-10H2. The Hall–Kier alpha value is -1.12. The molecule has 0 aliphatic carbocycles. The highest BCUT2D eigenvalue weighted by Crippen LogP contribution is 2.36. The minimum Gasteiger partial charge on any atom is -0.0876 e. The molecule has 4 aromatic carbocycles. The van der Waals surface area contributed by atoms with Crippen LogP contribution < -0.4 is 0 Å². The third-order valence-electron chi connectivity index (χ3n) is 3.96. The van der Waals surface area contributed by atoms with Crippen LogP contribution in [0.2, 0.25) is 0 Å². The molecule has 0 nitrogen and oxygen atoms in total. The van der Waals surface area contributed by atoms with Gasteiger partial charge in [-0.1, -0.05) is 80.4 Å². The van der Waals surface area contributed by atoms with E-state index in [2.05, 4.69) is 80.4 Å². The van der Waals surface area contributed by atoms with Gasteiger partial charge >= 0.3 is 0 Å².